The number of fused-ring (bicyclic) bond motifs is 5. The van der Waals surface area contributed by atoms with E-state index in [9.17, 15) is 0 Å². The number of rotatable bonds is 1. The highest BCUT2D eigenvalue weighted by atomic mass is 14.8. The van der Waals surface area contributed by atoms with Gasteiger partial charge in [-0.15, -0.1) is 0 Å². The summed E-state index contributed by atoms with van der Waals surface area (Å²) in [5.74, 6) is 0. The first-order chi connectivity index (χ1) is 12.6. The van der Waals surface area contributed by atoms with Crippen molar-refractivity contribution >= 4 is 0 Å². The smallest absolute Gasteiger partial charge is 0.0707 e. The van der Waals surface area contributed by atoms with E-state index in [1.54, 1.807) is 0 Å². The van der Waals surface area contributed by atoms with Crippen LogP contribution in [-0.4, -0.2) is 9.97 Å². The Labute approximate surface area is 155 Å². The predicted molar refractivity (Wildman–Crippen MR) is 106 cm³/mol. The summed E-state index contributed by atoms with van der Waals surface area (Å²) in [6, 6.07) is 13.5. The van der Waals surface area contributed by atoms with Gasteiger partial charge in [-0.25, -0.2) is 0 Å². The van der Waals surface area contributed by atoms with Crippen molar-refractivity contribution < 1.29 is 0 Å². The van der Waals surface area contributed by atoms with E-state index in [1.165, 1.54) is 64.8 Å². The van der Waals surface area contributed by atoms with Gasteiger partial charge in [0.1, 0.15) is 0 Å². The third-order valence-electron chi connectivity index (χ3n) is 6.31. The zero-order valence-corrected chi connectivity index (χ0v) is 15.8. The number of aromatic nitrogens is 2. The van der Waals surface area contributed by atoms with E-state index in [0.717, 1.165) is 11.4 Å². The molecule has 1 fully saturated rings. The van der Waals surface area contributed by atoms with Crippen LogP contribution in [-0.2, 0) is 5.41 Å². The molecule has 2 aliphatic rings. The average Bonchev–Trinajstić information content (AvgIpc) is 3.20. The number of pyridine rings is 2. The second-order valence-corrected chi connectivity index (χ2v) is 8.07. The first kappa shape index (κ1) is 15.7. The molecule has 2 aromatic heterocycles. The highest BCUT2D eigenvalue weighted by Gasteiger charge is 2.46. The van der Waals surface area contributed by atoms with Gasteiger partial charge < -0.3 is 0 Å². The van der Waals surface area contributed by atoms with Gasteiger partial charge in [0.05, 0.1) is 11.4 Å². The molecular weight excluding hydrogens is 316 g/mol. The Bertz CT molecular complexity index is 1030. The lowest BCUT2D eigenvalue weighted by Crippen LogP contribution is -2.22. The lowest BCUT2D eigenvalue weighted by molar-refractivity contribution is 0.532. The highest BCUT2D eigenvalue weighted by molar-refractivity contribution is 5.84. The van der Waals surface area contributed by atoms with E-state index >= 15 is 0 Å². The molecule has 2 heteroatoms. The molecule has 3 aromatic rings. The van der Waals surface area contributed by atoms with Gasteiger partial charge in [0.15, 0.2) is 0 Å². The summed E-state index contributed by atoms with van der Waals surface area (Å²) in [7, 11) is 0. The summed E-state index contributed by atoms with van der Waals surface area (Å²) in [6.07, 6.45) is 6.97. The molecule has 1 saturated carbocycles. The van der Waals surface area contributed by atoms with Crippen LogP contribution in [0.2, 0.25) is 0 Å². The van der Waals surface area contributed by atoms with Crippen molar-refractivity contribution in [3.8, 4) is 22.4 Å². The molecule has 0 radical (unpaired) electrons. The number of hydrogen-bond acceptors (Lipinski definition) is 2. The molecule has 1 spiro atoms. The Morgan fingerprint density at radius 1 is 0.846 bits per heavy atom. The fraction of sp³-hybridized carbons (Fsp3) is 0.333. The molecule has 0 N–H and O–H groups in total. The summed E-state index contributed by atoms with van der Waals surface area (Å²) < 4.78 is 0. The van der Waals surface area contributed by atoms with Crippen molar-refractivity contribution in [3.05, 3.63) is 70.7 Å². The van der Waals surface area contributed by atoms with Crippen LogP contribution in [0.1, 0.15) is 53.8 Å². The molecule has 5 rings (SSSR count). The lowest BCUT2D eigenvalue weighted by Gasteiger charge is -2.26. The highest BCUT2D eigenvalue weighted by Crippen LogP contribution is 2.56. The minimum atomic E-state index is 0.139. The normalized spacial score (nSPS) is 16.7. The summed E-state index contributed by atoms with van der Waals surface area (Å²) in [5, 5.41) is 0. The molecule has 0 atom stereocenters. The van der Waals surface area contributed by atoms with Gasteiger partial charge in [-0.3, -0.25) is 9.97 Å². The summed E-state index contributed by atoms with van der Waals surface area (Å²) >= 11 is 0. The van der Waals surface area contributed by atoms with E-state index in [1.807, 2.05) is 6.20 Å². The SMILES string of the molecule is Cc1ccnc(-c2cc3c(cc2C)C2(CCCC2)c2nc(C)ccc2-3)c1. The first-order valence-electron chi connectivity index (χ1n) is 9.65. The Hall–Kier alpha value is -2.48. The van der Waals surface area contributed by atoms with Crippen LogP contribution in [0.3, 0.4) is 0 Å². The first-order valence-corrected chi connectivity index (χ1v) is 9.65. The maximum atomic E-state index is 5.03. The second-order valence-electron chi connectivity index (χ2n) is 8.07. The van der Waals surface area contributed by atoms with Gasteiger partial charge >= 0.3 is 0 Å². The molecule has 26 heavy (non-hydrogen) atoms. The molecular formula is C24H24N2. The van der Waals surface area contributed by atoms with E-state index in [2.05, 4.69) is 62.2 Å². The Kier molecular flexibility index (Phi) is 3.34. The molecule has 0 unspecified atom stereocenters. The van der Waals surface area contributed by atoms with E-state index in [-0.39, 0.29) is 5.41 Å². The standard InChI is InChI=1S/C24H24N2/c1-15-8-11-25-22(12-15)19-14-20-18-7-6-17(3)26-23(18)24(9-4-5-10-24)21(20)13-16(19)2/h6-8,11-14H,4-5,9-10H2,1-3H3. The molecule has 0 amide bonds. The van der Waals surface area contributed by atoms with Crippen LogP contribution in [0.15, 0.2) is 42.6 Å². The second kappa shape index (κ2) is 5.51. The summed E-state index contributed by atoms with van der Waals surface area (Å²) in [4.78, 5) is 9.67. The van der Waals surface area contributed by atoms with Gasteiger partial charge in [-0.1, -0.05) is 25.0 Å². The minimum absolute atomic E-state index is 0.139. The molecule has 2 heterocycles. The van der Waals surface area contributed by atoms with E-state index in [4.69, 9.17) is 4.98 Å². The Morgan fingerprint density at radius 2 is 1.65 bits per heavy atom. The molecule has 0 bridgehead atoms. The van der Waals surface area contributed by atoms with Crippen LogP contribution in [0.25, 0.3) is 22.4 Å². The van der Waals surface area contributed by atoms with Crippen molar-refractivity contribution in [2.75, 3.05) is 0 Å². The van der Waals surface area contributed by atoms with Crippen LogP contribution in [0, 0.1) is 20.8 Å². The van der Waals surface area contributed by atoms with Crippen LogP contribution in [0.5, 0.6) is 0 Å². The fourth-order valence-corrected chi connectivity index (χ4v) is 5.04. The van der Waals surface area contributed by atoms with Crippen molar-refractivity contribution in [1.29, 1.82) is 0 Å². The molecule has 1 aromatic carbocycles. The number of hydrogen-bond donors (Lipinski definition) is 0. The van der Waals surface area contributed by atoms with Gasteiger partial charge in [-0.05, 0) is 80.1 Å². The van der Waals surface area contributed by atoms with E-state index in [0.29, 0.717) is 0 Å². The molecule has 130 valence electrons. The number of nitrogens with zero attached hydrogens (tertiary/aromatic N) is 2. The third kappa shape index (κ3) is 2.11. The fourth-order valence-electron chi connectivity index (χ4n) is 5.04. The Balaban J connectivity index is 1.79. The van der Waals surface area contributed by atoms with Crippen molar-refractivity contribution in [2.24, 2.45) is 0 Å². The zero-order chi connectivity index (χ0) is 17.9. The van der Waals surface area contributed by atoms with Crippen LogP contribution < -0.4 is 0 Å². The summed E-state index contributed by atoms with van der Waals surface area (Å²) in [6.45, 7) is 6.46. The monoisotopic (exact) mass is 340 g/mol. The van der Waals surface area contributed by atoms with Crippen molar-refractivity contribution in [2.45, 2.75) is 51.9 Å². The average molecular weight is 340 g/mol. The predicted octanol–water partition coefficient (Wildman–Crippen LogP) is 5.91. The lowest BCUT2D eigenvalue weighted by atomic mass is 9.78. The van der Waals surface area contributed by atoms with Crippen LogP contribution in [0.4, 0.5) is 0 Å². The van der Waals surface area contributed by atoms with Crippen molar-refractivity contribution in [3.63, 3.8) is 0 Å². The van der Waals surface area contributed by atoms with Crippen LogP contribution >= 0.6 is 0 Å². The van der Waals surface area contributed by atoms with E-state index < -0.39 is 0 Å². The molecule has 0 saturated heterocycles. The molecule has 2 nitrogen and oxygen atoms in total. The van der Waals surface area contributed by atoms with Crippen molar-refractivity contribution in [1.82, 2.24) is 9.97 Å². The minimum Gasteiger partial charge on any atom is -0.257 e. The maximum absolute atomic E-state index is 5.03. The third-order valence-corrected chi connectivity index (χ3v) is 6.31. The van der Waals surface area contributed by atoms with Gasteiger partial charge in [0.25, 0.3) is 0 Å². The van der Waals surface area contributed by atoms with Gasteiger partial charge in [0.2, 0.25) is 0 Å². The quantitative estimate of drug-likeness (QED) is 0.550. The Morgan fingerprint density at radius 3 is 2.42 bits per heavy atom. The topological polar surface area (TPSA) is 25.8 Å². The number of benzene rings is 1. The zero-order valence-electron chi connectivity index (χ0n) is 15.8. The largest absolute Gasteiger partial charge is 0.257 e. The number of aryl methyl sites for hydroxylation is 3. The summed E-state index contributed by atoms with van der Waals surface area (Å²) in [5.41, 5.74) is 11.7. The van der Waals surface area contributed by atoms with Gasteiger partial charge in [0, 0.05) is 28.4 Å². The molecule has 0 aliphatic heterocycles. The maximum Gasteiger partial charge on any atom is 0.0707 e. The molecule has 2 aliphatic carbocycles. The van der Waals surface area contributed by atoms with Gasteiger partial charge in [-0.2, -0.15) is 0 Å².